The second-order valence-electron chi connectivity index (χ2n) is 10.6. The smallest absolute Gasteiger partial charge is 0.341 e. The predicted octanol–water partition coefficient (Wildman–Crippen LogP) is 5.77. The van der Waals surface area contributed by atoms with E-state index in [2.05, 4.69) is 17.2 Å². The lowest BCUT2D eigenvalue weighted by molar-refractivity contribution is -0.142. The Bertz CT molecular complexity index is 1360. The van der Waals surface area contributed by atoms with E-state index < -0.39 is 11.9 Å². The van der Waals surface area contributed by atoms with Gasteiger partial charge in [-0.15, -0.1) is 0 Å². The summed E-state index contributed by atoms with van der Waals surface area (Å²) in [6, 6.07) is 17.1. The summed E-state index contributed by atoms with van der Waals surface area (Å²) in [4.78, 5) is 29.9. The van der Waals surface area contributed by atoms with Crippen LogP contribution in [0.15, 0.2) is 54.6 Å². The zero-order valence-electron chi connectivity index (χ0n) is 22.2. The minimum absolute atomic E-state index is 0.000939. The van der Waals surface area contributed by atoms with E-state index in [1.807, 2.05) is 48.3 Å². The largest absolute Gasteiger partial charge is 0.435 e. The SMILES string of the molecule is Cc1cc(C(F)(F)F)nn1CC(=O)N1CCC(c2cccc(C(=O)N(C)[C@@H]3CCCc4ccccc43)c2)CC1. The van der Waals surface area contributed by atoms with Gasteiger partial charge in [0.2, 0.25) is 5.91 Å². The summed E-state index contributed by atoms with van der Waals surface area (Å²) in [7, 11) is 1.88. The summed E-state index contributed by atoms with van der Waals surface area (Å²) in [5.41, 5.74) is 3.59. The monoisotopic (exact) mass is 538 g/mol. The number of halogens is 3. The van der Waals surface area contributed by atoms with Crippen LogP contribution in [0, 0.1) is 6.92 Å². The number of hydrogen-bond donors (Lipinski definition) is 0. The van der Waals surface area contributed by atoms with Crippen molar-refractivity contribution in [2.45, 2.75) is 63.7 Å². The molecule has 2 heterocycles. The molecule has 39 heavy (non-hydrogen) atoms. The normalized spacial score (nSPS) is 18.1. The van der Waals surface area contributed by atoms with Crippen LogP contribution in [0.5, 0.6) is 0 Å². The molecule has 1 fully saturated rings. The molecular weight excluding hydrogens is 505 g/mol. The number of piperidine rings is 1. The fourth-order valence-electron chi connectivity index (χ4n) is 5.90. The standard InChI is InChI=1S/C30H33F3N4O2/c1-20-17-27(30(31,32)33)34-37(20)19-28(38)36-15-13-21(14-16-36)23-9-5-10-24(18-23)29(39)35(2)26-12-6-8-22-7-3-4-11-25(22)26/h3-5,7,9-11,17-18,21,26H,6,8,12-16,19H2,1-2H3/t26-/m1/s1. The third kappa shape index (κ3) is 5.72. The van der Waals surface area contributed by atoms with Crippen molar-refractivity contribution in [3.63, 3.8) is 0 Å². The number of carbonyl (C=O) groups is 2. The van der Waals surface area contributed by atoms with Crippen LogP contribution >= 0.6 is 0 Å². The van der Waals surface area contributed by atoms with Gasteiger partial charge in [-0.05, 0) is 79.8 Å². The summed E-state index contributed by atoms with van der Waals surface area (Å²) in [5, 5.41) is 3.57. The first-order valence-corrected chi connectivity index (χ1v) is 13.5. The fourth-order valence-corrected chi connectivity index (χ4v) is 5.90. The number of likely N-dealkylation sites (tertiary alicyclic amines) is 1. The molecule has 2 amide bonds. The van der Waals surface area contributed by atoms with Crippen LogP contribution < -0.4 is 0 Å². The Morgan fingerprint density at radius 1 is 1.03 bits per heavy atom. The van der Waals surface area contributed by atoms with Gasteiger partial charge in [-0.25, -0.2) is 0 Å². The molecule has 6 nitrogen and oxygen atoms in total. The van der Waals surface area contributed by atoms with Gasteiger partial charge in [0.05, 0.1) is 6.04 Å². The number of aromatic nitrogens is 2. The quantitative estimate of drug-likeness (QED) is 0.415. The van der Waals surface area contributed by atoms with Crippen molar-refractivity contribution < 1.29 is 22.8 Å². The van der Waals surface area contributed by atoms with Crippen LogP contribution in [-0.4, -0.2) is 51.5 Å². The summed E-state index contributed by atoms with van der Waals surface area (Å²) in [5.74, 6) is -0.0449. The summed E-state index contributed by atoms with van der Waals surface area (Å²) in [6.07, 6.45) is -0.0477. The number of aryl methyl sites for hydroxylation is 2. The first-order chi connectivity index (χ1) is 18.6. The van der Waals surface area contributed by atoms with Gasteiger partial charge in [0.1, 0.15) is 6.54 Å². The van der Waals surface area contributed by atoms with Gasteiger partial charge >= 0.3 is 6.18 Å². The molecule has 1 aliphatic carbocycles. The van der Waals surface area contributed by atoms with Crippen molar-refractivity contribution in [2.24, 2.45) is 0 Å². The highest BCUT2D eigenvalue weighted by atomic mass is 19.4. The number of alkyl halides is 3. The highest BCUT2D eigenvalue weighted by Crippen LogP contribution is 2.35. The van der Waals surface area contributed by atoms with Crippen molar-refractivity contribution in [1.82, 2.24) is 19.6 Å². The molecule has 5 rings (SSSR count). The van der Waals surface area contributed by atoms with Gasteiger partial charge in [0.15, 0.2) is 5.69 Å². The predicted molar refractivity (Wildman–Crippen MR) is 141 cm³/mol. The fraction of sp³-hybridized carbons (Fsp3) is 0.433. The maximum absolute atomic E-state index is 13.5. The Morgan fingerprint density at radius 3 is 2.49 bits per heavy atom. The Labute approximate surface area is 226 Å². The van der Waals surface area contributed by atoms with Gasteiger partial charge in [-0.3, -0.25) is 14.3 Å². The van der Waals surface area contributed by atoms with E-state index in [1.54, 1.807) is 4.90 Å². The van der Waals surface area contributed by atoms with Crippen LogP contribution in [0.2, 0.25) is 0 Å². The van der Waals surface area contributed by atoms with E-state index in [0.717, 1.165) is 48.4 Å². The molecule has 206 valence electrons. The summed E-state index contributed by atoms with van der Waals surface area (Å²) < 4.78 is 40.0. The Balaban J connectivity index is 1.21. The van der Waals surface area contributed by atoms with Crippen molar-refractivity contribution in [2.75, 3.05) is 20.1 Å². The minimum Gasteiger partial charge on any atom is -0.341 e. The highest BCUT2D eigenvalue weighted by molar-refractivity contribution is 5.94. The second-order valence-corrected chi connectivity index (χ2v) is 10.6. The van der Waals surface area contributed by atoms with Crippen LogP contribution in [-0.2, 0) is 23.9 Å². The van der Waals surface area contributed by atoms with Crippen LogP contribution in [0.4, 0.5) is 13.2 Å². The number of carbonyl (C=O) groups excluding carboxylic acids is 2. The van der Waals surface area contributed by atoms with Crippen molar-refractivity contribution >= 4 is 11.8 Å². The highest BCUT2D eigenvalue weighted by Gasteiger charge is 2.35. The lowest BCUT2D eigenvalue weighted by Gasteiger charge is -2.34. The Morgan fingerprint density at radius 2 is 1.77 bits per heavy atom. The second kappa shape index (κ2) is 10.9. The van der Waals surface area contributed by atoms with Gasteiger partial charge in [0.25, 0.3) is 5.91 Å². The lowest BCUT2D eigenvalue weighted by Crippen LogP contribution is -2.40. The Kier molecular flexibility index (Phi) is 7.51. The molecule has 3 aromatic rings. The maximum Gasteiger partial charge on any atom is 0.435 e. The number of fused-ring (bicyclic) bond motifs is 1. The van der Waals surface area contributed by atoms with Gasteiger partial charge in [-0.2, -0.15) is 18.3 Å². The number of rotatable bonds is 5. The zero-order chi connectivity index (χ0) is 27.7. The average Bonchev–Trinajstić information content (AvgIpc) is 3.32. The van der Waals surface area contributed by atoms with E-state index >= 15 is 0 Å². The molecule has 2 aliphatic rings. The molecule has 2 aromatic carbocycles. The lowest BCUT2D eigenvalue weighted by atomic mass is 9.86. The molecule has 9 heteroatoms. The van der Waals surface area contributed by atoms with Gasteiger partial charge in [-0.1, -0.05) is 36.4 Å². The first kappa shape index (κ1) is 27.0. The van der Waals surface area contributed by atoms with Gasteiger partial charge in [0, 0.05) is 31.4 Å². The van der Waals surface area contributed by atoms with E-state index in [0.29, 0.717) is 24.3 Å². The number of hydrogen-bond acceptors (Lipinski definition) is 3. The minimum atomic E-state index is -4.54. The van der Waals surface area contributed by atoms with Crippen LogP contribution in [0.1, 0.15) is 76.1 Å². The van der Waals surface area contributed by atoms with E-state index in [4.69, 9.17) is 0 Å². The molecule has 1 aromatic heterocycles. The molecule has 0 radical (unpaired) electrons. The molecule has 0 bridgehead atoms. The first-order valence-electron chi connectivity index (χ1n) is 13.5. The average molecular weight is 539 g/mol. The van der Waals surface area contributed by atoms with E-state index in [1.165, 1.54) is 18.1 Å². The zero-order valence-corrected chi connectivity index (χ0v) is 22.2. The number of amides is 2. The van der Waals surface area contributed by atoms with Crippen molar-refractivity contribution in [3.8, 4) is 0 Å². The molecule has 0 unspecified atom stereocenters. The number of nitrogens with zero attached hydrogens (tertiary/aromatic N) is 4. The summed E-state index contributed by atoms with van der Waals surface area (Å²) >= 11 is 0. The maximum atomic E-state index is 13.5. The molecule has 0 saturated carbocycles. The van der Waals surface area contributed by atoms with Crippen molar-refractivity contribution in [3.05, 3.63) is 88.2 Å². The van der Waals surface area contributed by atoms with Gasteiger partial charge < -0.3 is 9.80 Å². The summed E-state index contributed by atoms with van der Waals surface area (Å²) in [6.45, 7) is 2.31. The van der Waals surface area contributed by atoms with E-state index in [9.17, 15) is 22.8 Å². The Hall–Kier alpha value is -3.62. The molecule has 0 spiro atoms. The van der Waals surface area contributed by atoms with Crippen LogP contribution in [0.25, 0.3) is 0 Å². The molecule has 0 N–H and O–H groups in total. The molecule has 1 aliphatic heterocycles. The molecule has 1 saturated heterocycles. The third-order valence-corrected chi connectivity index (χ3v) is 8.13. The topological polar surface area (TPSA) is 58.4 Å². The van der Waals surface area contributed by atoms with Crippen molar-refractivity contribution in [1.29, 1.82) is 0 Å². The molecular formula is C30H33F3N4O2. The molecule has 1 atom stereocenters. The van der Waals surface area contributed by atoms with E-state index in [-0.39, 0.29) is 30.3 Å². The van der Waals surface area contributed by atoms with Crippen LogP contribution in [0.3, 0.4) is 0 Å². The number of benzene rings is 2. The third-order valence-electron chi connectivity index (χ3n) is 8.13.